The van der Waals surface area contributed by atoms with Crippen molar-refractivity contribution >= 4 is 17.7 Å². The van der Waals surface area contributed by atoms with Crippen LogP contribution in [0.2, 0.25) is 0 Å². The largest absolute Gasteiger partial charge is 0.453 e. The molecule has 0 saturated heterocycles. The molecule has 24 heavy (non-hydrogen) atoms. The van der Waals surface area contributed by atoms with E-state index in [2.05, 4.69) is 25.5 Å². The van der Waals surface area contributed by atoms with Gasteiger partial charge in [-0.25, -0.2) is 14.5 Å². The second-order valence-electron chi connectivity index (χ2n) is 5.64. The number of carbonyl (C=O) groups excluding carboxylic acids is 2. The summed E-state index contributed by atoms with van der Waals surface area (Å²) in [7, 11) is 1.26. The van der Waals surface area contributed by atoms with Crippen molar-refractivity contribution in [2.24, 2.45) is 5.92 Å². The lowest BCUT2D eigenvalue weighted by molar-refractivity contribution is -0.119. The summed E-state index contributed by atoms with van der Waals surface area (Å²) in [5.41, 5.74) is 1.62. The summed E-state index contributed by atoms with van der Waals surface area (Å²) in [6, 6.07) is 6.74. The molecule has 0 aliphatic carbocycles. The number of nitrogens with one attached hydrogen (secondary N) is 2. The van der Waals surface area contributed by atoms with Gasteiger partial charge < -0.3 is 15.4 Å². The maximum absolute atomic E-state index is 12.4. The van der Waals surface area contributed by atoms with Crippen LogP contribution in [0.4, 0.5) is 10.5 Å². The Labute approximate surface area is 140 Å². The van der Waals surface area contributed by atoms with E-state index in [0.29, 0.717) is 12.2 Å². The van der Waals surface area contributed by atoms with Gasteiger partial charge in [0.2, 0.25) is 5.91 Å². The van der Waals surface area contributed by atoms with Crippen molar-refractivity contribution in [3.8, 4) is 0 Å². The molecule has 2 N–H and O–H groups in total. The molecule has 1 aromatic heterocycles. The van der Waals surface area contributed by atoms with Crippen molar-refractivity contribution in [3.63, 3.8) is 0 Å². The molecule has 0 radical (unpaired) electrons. The van der Waals surface area contributed by atoms with E-state index in [4.69, 9.17) is 0 Å². The van der Waals surface area contributed by atoms with Crippen molar-refractivity contribution in [1.82, 2.24) is 20.1 Å². The molecule has 0 fully saturated rings. The van der Waals surface area contributed by atoms with Crippen LogP contribution >= 0.6 is 0 Å². The molecule has 1 aromatic carbocycles. The molecule has 128 valence electrons. The summed E-state index contributed by atoms with van der Waals surface area (Å²) < 4.78 is 6.25. The van der Waals surface area contributed by atoms with Crippen LogP contribution in [0.1, 0.15) is 19.4 Å². The van der Waals surface area contributed by atoms with Gasteiger partial charge in [0.05, 0.1) is 13.7 Å². The first kappa shape index (κ1) is 17.5. The molecule has 0 spiro atoms. The molecule has 2 amide bonds. The molecule has 0 unspecified atom stereocenters. The molecule has 0 aliphatic rings. The highest BCUT2D eigenvalue weighted by Crippen LogP contribution is 2.13. The van der Waals surface area contributed by atoms with Gasteiger partial charge in [0, 0.05) is 5.69 Å². The molecule has 0 saturated carbocycles. The number of methoxy groups -OCH3 is 1. The van der Waals surface area contributed by atoms with Gasteiger partial charge in [-0.1, -0.05) is 26.0 Å². The number of anilines is 1. The summed E-state index contributed by atoms with van der Waals surface area (Å²) in [5, 5.41) is 9.41. The number of ether oxygens (including phenoxy) is 1. The van der Waals surface area contributed by atoms with Crippen LogP contribution in [-0.2, 0) is 16.1 Å². The zero-order valence-corrected chi connectivity index (χ0v) is 13.9. The highest BCUT2D eigenvalue weighted by Gasteiger charge is 2.24. The Balaban J connectivity index is 2.05. The predicted octanol–water partition coefficient (Wildman–Crippen LogP) is 1.65. The third kappa shape index (κ3) is 4.80. The minimum atomic E-state index is -0.684. The molecule has 2 aromatic rings. The Hall–Kier alpha value is -2.90. The first-order valence-electron chi connectivity index (χ1n) is 7.56. The van der Waals surface area contributed by atoms with Crippen molar-refractivity contribution < 1.29 is 14.3 Å². The van der Waals surface area contributed by atoms with Gasteiger partial charge in [0.15, 0.2) is 0 Å². The van der Waals surface area contributed by atoms with Crippen LogP contribution in [0.15, 0.2) is 36.9 Å². The molecular weight excluding hydrogens is 310 g/mol. The summed E-state index contributed by atoms with van der Waals surface area (Å²) in [4.78, 5) is 27.7. The normalized spacial score (nSPS) is 11.8. The third-order valence-corrected chi connectivity index (χ3v) is 3.41. The fourth-order valence-corrected chi connectivity index (χ4v) is 2.19. The molecule has 8 nitrogen and oxygen atoms in total. The van der Waals surface area contributed by atoms with Gasteiger partial charge in [-0.2, -0.15) is 5.10 Å². The zero-order valence-electron chi connectivity index (χ0n) is 13.9. The van der Waals surface area contributed by atoms with Crippen LogP contribution in [-0.4, -0.2) is 39.9 Å². The Morgan fingerprint density at radius 1 is 1.33 bits per heavy atom. The summed E-state index contributed by atoms with van der Waals surface area (Å²) in [6.07, 6.45) is 2.46. The average molecular weight is 331 g/mol. The van der Waals surface area contributed by atoms with Gasteiger partial charge in [0.25, 0.3) is 0 Å². The molecule has 0 bridgehead atoms. The van der Waals surface area contributed by atoms with Gasteiger partial charge in [0.1, 0.15) is 18.7 Å². The summed E-state index contributed by atoms with van der Waals surface area (Å²) in [6.45, 7) is 4.25. The highest BCUT2D eigenvalue weighted by molar-refractivity contribution is 5.96. The van der Waals surface area contributed by atoms with Gasteiger partial charge in [-0.15, -0.1) is 0 Å². The van der Waals surface area contributed by atoms with Crippen LogP contribution in [0, 0.1) is 5.92 Å². The molecular formula is C16H21N5O3. The van der Waals surface area contributed by atoms with Crippen LogP contribution in [0.5, 0.6) is 0 Å². The Kier molecular flexibility index (Phi) is 5.89. The van der Waals surface area contributed by atoms with E-state index in [1.54, 1.807) is 17.1 Å². The number of alkyl carbamates (subject to hydrolysis) is 1. The lowest BCUT2D eigenvalue weighted by Gasteiger charge is -2.21. The SMILES string of the molecule is COC(=O)N[C@H](C(=O)Nc1cccc(Cn2cncn2)c1)C(C)C. The molecule has 2 rings (SSSR count). The number of aromatic nitrogens is 3. The van der Waals surface area contributed by atoms with Gasteiger partial charge in [-0.3, -0.25) is 4.79 Å². The lowest BCUT2D eigenvalue weighted by Crippen LogP contribution is -2.47. The predicted molar refractivity (Wildman–Crippen MR) is 88.4 cm³/mol. The highest BCUT2D eigenvalue weighted by atomic mass is 16.5. The van der Waals surface area contributed by atoms with Crippen molar-refractivity contribution in [2.45, 2.75) is 26.4 Å². The Bertz CT molecular complexity index is 685. The minimum absolute atomic E-state index is 0.0811. The van der Waals surface area contributed by atoms with Crippen LogP contribution < -0.4 is 10.6 Å². The van der Waals surface area contributed by atoms with Crippen molar-refractivity contribution in [2.75, 3.05) is 12.4 Å². The van der Waals surface area contributed by atoms with Gasteiger partial charge in [-0.05, 0) is 23.6 Å². The molecule has 8 heteroatoms. The molecule has 1 heterocycles. The number of amides is 2. The Morgan fingerprint density at radius 3 is 2.75 bits per heavy atom. The standard InChI is InChI=1S/C16H21N5O3/c1-11(2)14(20-16(23)24-3)15(22)19-13-6-4-5-12(7-13)8-21-10-17-9-18-21/h4-7,9-11,14H,8H2,1-3H3,(H,19,22)(H,20,23)/t14-/m0/s1. The number of nitrogens with zero attached hydrogens (tertiary/aromatic N) is 3. The fourth-order valence-electron chi connectivity index (χ4n) is 2.19. The fraction of sp³-hybridized carbons (Fsp3) is 0.375. The smallest absolute Gasteiger partial charge is 0.407 e. The first-order valence-corrected chi connectivity index (χ1v) is 7.56. The maximum atomic E-state index is 12.4. The Morgan fingerprint density at radius 2 is 2.12 bits per heavy atom. The van der Waals surface area contributed by atoms with Crippen LogP contribution in [0.25, 0.3) is 0 Å². The second-order valence-corrected chi connectivity index (χ2v) is 5.64. The van der Waals surface area contributed by atoms with E-state index in [1.165, 1.54) is 13.4 Å². The average Bonchev–Trinajstić information content (AvgIpc) is 3.05. The molecule has 0 aliphatic heterocycles. The van der Waals surface area contributed by atoms with Crippen molar-refractivity contribution in [1.29, 1.82) is 0 Å². The summed E-state index contributed by atoms with van der Waals surface area (Å²) >= 11 is 0. The zero-order chi connectivity index (χ0) is 17.5. The van der Waals surface area contributed by atoms with E-state index in [0.717, 1.165) is 5.56 Å². The number of benzene rings is 1. The van der Waals surface area contributed by atoms with E-state index in [9.17, 15) is 9.59 Å². The lowest BCUT2D eigenvalue weighted by atomic mass is 10.0. The third-order valence-electron chi connectivity index (χ3n) is 3.41. The van der Waals surface area contributed by atoms with Crippen LogP contribution in [0.3, 0.4) is 0 Å². The van der Waals surface area contributed by atoms with Crippen molar-refractivity contribution in [3.05, 3.63) is 42.5 Å². The second kappa shape index (κ2) is 8.09. The topological polar surface area (TPSA) is 98.1 Å². The monoisotopic (exact) mass is 331 g/mol. The maximum Gasteiger partial charge on any atom is 0.407 e. The molecule has 1 atom stereocenters. The number of hydrogen-bond acceptors (Lipinski definition) is 5. The van der Waals surface area contributed by atoms with E-state index in [1.807, 2.05) is 32.0 Å². The van der Waals surface area contributed by atoms with E-state index >= 15 is 0 Å². The van der Waals surface area contributed by atoms with Gasteiger partial charge >= 0.3 is 6.09 Å². The van der Waals surface area contributed by atoms with E-state index < -0.39 is 12.1 Å². The van der Waals surface area contributed by atoms with E-state index in [-0.39, 0.29) is 11.8 Å². The summed E-state index contributed by atoms with van der Waals surface area (Å²) in [5.74, 6) is -0.379. The quantitative estimate of drug-likeness (QED) is 0.838. The number of hydrogen-bond donors (Lipinski definition) is 2. The minimum Gasteiger partial charge on any atom is -0.453 e. The first-order chi connectivity index (χ1) is 11.5. The number of rotatable bonds is 6. The number of carbonyl (C=O) groups is 2.